The maximum atomic E-state index is 6.31. The summed E-state index contributed by atoms with van der Waals surface area (Å²) in [5.74, 6) is 1.14. The van der Waals surface area contributed by atoms with E-state index in [9.17, 15) is 0 Å². The van der Waals surface area contributed by atoms with E-state index in [1.54, 1.807) is 11.8 Å². The summed E-state index contributed by atoms with van der Waals surface area (Å²) < 4.78 is 1.91. The quantitative estimate of drug-likeness (QED) is 0.908. The normalized spacial score (nSPS) is 16.6. The zero-order valence-electron chi connectivity index (χ0n) is 12.2. The fourth-order valence-corrected chi connectivity index (χ4v) is 2.94. The highest BCUT2D eigenvalue weighted by atomic mass is 32.2. The predicted molar refractivity (Wildman–Crippen MR) is 86.0 cm³/mol. The molecule has 5 nitrogen and oxygen atoms in total. The Morgan fingerprint density at radius 2 is 2.05 bits per heavy atom. The third kappa shape index (κ3) is 2.69. The minimum absolute atomic E-state index is 0.125. The number of benzene rings is 1. The Balaban J connectivity index is 1.89. The Labute approximate surface area is 128 Å². The maximum absolute atomic E-state index is 6.31. The standard InChI is InChI=1S/C15H19N5S/c1-3-10(2)13(16)14-17-18-15-20(14)19-12(9-21-15)11-7-5-4-6-8-11/h4-10,13,19H,3,16H2,1-2H3/t10-,13-/m0/s1. The van der Waals surface area contributed by atoms with E-state index in [0.29, 0.717) is 5.92 Å². The number of nitrogens with one attached hydrogen (secondary N) is 1. The Morgan fingerprint density at radius 3 is 2.76 bits per heavy atom. The summed E-state index contributed by atoms with van der Waals surface area (Å²) in [6, 6.07) is 10.1. The Bertz CT molecular complexity index is 649. The average molecular weight is 301 g/mol. The van der Waals surface area contributed by atoms with E-state index < -0.39 is 0 Å². The molecule has 3 N–H and O–H groups in total. The van der Waals surface area contributed by atoms with Crippen molar-refractivity contribution in [3.8, 4) is 0 Å². The number of fused-ring (bicyclic) bond motifs is 1. The topological polar surface area (TPSA) is 68.8 Å². The molecule has 1 aromatic carbocycles. The molecule has 0 saturated heterocycles. The first kappa shape index (κ1) is 14.2. The zero-order chi connectivity index (χ0) is 14.8. The fourth-order valence-electron chi connectivity index (χ4n) is 2.20. The van der Waals surface area contributed by atoms with Crippen molar-refractivity contribution in [2.45, 2.75) is 31.5 Å². The van der Waals surface area contributed by atoms with Gasteiger partial charge >= 0.3 is 0 Å². The summed E-state index contributed by atoms with van der Waals surface area (Å²) in [6.07, 6.45) is 1.01. The number of rotatable bonds is 4. The largest absolute Gasteiger partial charge is 0.321 e. The fraction of sp³-hybridized carbons (Fsp3) is 0.333. The van der Waals surface area contributed by atoms with Gasteiger partial charge in [-0.2, -0.15) is 0 Å². The predicted octanol–water partition coefficient (Wildman–Crippen LogP) is 2.97. The van der Waals surface area contributed by atoms with Crippen molar-refractivity contribution in [1.29, 1.82) is 0 Å². The molecule has 2 aromatic rings. The van der Waals surface area contributed by atoms with Crippen LogP contribution in [-0.2, 0) is 0 Å². The second-order valence-electron chi connectivity index (χ2n) is 5.21. The van der Waals surface area contributed by atoms with Crippen molar-refractivity contribution in [2.24, 2.45) is 11.7 Å². The molecule has 110 valence electrons. The SMILES string of the molecule is CC[C@H](C)[C@H](N)c1nnc2n1NC(c1ccccc1)=CS2. The van der Waals surface area contributed by atoms with Crippen LogP contribution in [0.4, 0.5) is 0 Å². The van der Waals surface area contributed by atoms with Gasteiger partial charge in [-0.3, -0.25) is 5.43 Å². The first-order valence-corrected chi connectivity index (χ1v) is 7.98. The highest BCUT2D eigenvalue weighted by molar-refractivity contribution is 8.02. The van der Waals surface area contributed by atoms with Gasteiger partial charge in [0.1, 0.15) is 0 Å². The lowest BCUT2D eigenvalue weighted by Crippen LogP contribution is -2.27. The summed E-state index contributed by atoms with van der Waals surface area (Å²) in [5, 5.41) is 11.4. The molecule has 0 unspecified atom stereocenters. The van der Waals surface area contributed by atoms with Gasteiger partial charge in [0.15, 0.2) is 5.82 Å². The number of nitrogens with two attached hydrogens (primary N) is 1. The van der Waals surface area contributed by atoms with Crippen LogP contribution in [0.15, 0.2) is 40.9 Å². The molecule has 2 heterocycles. The van der Waals surface area contributed by atoms with Crippen LogP contribution in [0.1, 0.15) is 37.7 Å². The monoisotopic (exact) mass is 301 g/mol. The molecule has 1 aromatic heterocycles. The summed E-state index contributed by atoms with van der Waals surface area (Å²) in [5.41, 5.74) is 11.8. The van der Waals surface area contributed by atoms with Gasteiger partial charge in [0.05, 0.1) is 11.7 Å². The molecule has 1 aliphatic rings. The number of nitrogens with zero attached hydrogens (tertiary/aromatic N) is 3. The van der Waals surface area contributed by atoms with Crippen LogP contribution in [0.5, 0.6) is 0 Å². The van der Waals surface area contributed by atoms with Crippen molar-refractivity contribution in [3.63, 3.8) is 0 Å². The van der Waals surface area contributed by atoms with Crippen molar-refractivity contribution < 1.29 is 0 Å². The smallest absolute Gasteiger partial charge is 0.214 e. The van der Waals surface area contributed by atoms with Crippen LogP contribution < -0.4 is 11.2 Å². The van der Waals surface area contributed by atoms with Crippen LogP contribution in [0.3, 0.4) is 0 Å². The maximum Gasteiger partial charge on any atom is 0.214 e. The van der Waals surface area contributed by atoms with Gasteiger partial charge in [0.2, 0.25) is 5.16 Å². The van der Waals surface area contributed by atoms with Gasteiger partial charge in [-0.25, -0.2) is 4.68 Å². The minimum Gasteiger partial charge on any atom is -0.321 e. The molecule has 0 radical (unpaired) electrons. The molecular formula is C15H19N5S. The van der Waals surface area contributed by atoms with Gasteiger partial charge in [-0.15, -0.1) is 10.2 Å². The van der Waals surface area contributed by atoms with E-state index in [0.717, 1.165) is 28.7 Å². The second-order valence-corrected chi connectivity index (χ2v) is 6.05. The van der Waals surface area contributed by atoms with E-state index in [4.69, 9.17) is 5.73 Å². The second kappa shape index (κ2) is 5.91. The molecule has 3 rings (SSSR count). The molecule has 0 aliphatic carbocycles. The molecule has 1 aliphatic heterocycles. The average Bonchev–Trinajstić information content (AvgIpc) is 2.97. The molecule has 2 atom stereocenters. The summed E-state index contributed by atoms with van der Waals surface area (Å²) in [7, 11) is 0. The third-order valence-corrected chi connectivity index (χ3v) is 4.64. The van der Waals surface area contributed by atoms with Gasteiger partial charge in [-0.05, 0) is 11.5 Å². The number of thioether (sulfide) groups is 1. The Kier molecular flexibility index (Phi) is 3.98. The molecule has 0 spiro atoms. The highest BCUT2D eigenvalue weighted by Gasteiger charge is 2.24. The zero-order valence-corrected chi connectivity index (χ0v) is 13.0. The van der Waals surface area contributed by atoms with Crippen molar-refractivity contribution in [3.05, 3.63) is 47.1 Å². The van der Waals surface area contributed by atoms with E-state index >= 15 is 0 Å². The van der Waals surface area contributed by atoms with Gasteiger partial charge in [0.25, 0.3) is 0 Å². The number of aromatic nitrogens is 3. The van der Waals surface area contributed by atoms with E-state index in [-0.39, 0.29) is 6.04 Å². The van der Waals surface area contributed by atoms with Gasteiger partial charge < -0.3 is 5.73 Å². The van der Waals surface area contributed by atoms with Crippen molar-refractivity contribution in [2.75, 3.05) is 5.43 Å². The van der Waals surface area contributed by atoms with Crippen molar-refractivity contribution in [1.82, 2.24) is 14.9 Å². The van der Waals surface area contributed by atoms with Gasteiger partial charge in [0, 0.05) is 5.41 Å². The summed E-state index contributed by atoms with van der Waals surface area (Å²) >= 11 is 1.56. The van der Waals surface area contributed by atoms with E-state index in [1.807, 2.05) is 22.9 Å². The van der Waals surface area contributed by atoms with Gasteiger partial charge in [-0.1, -0.05) is 62.4 Å². The van der Waals surface area contributed by atoms with Crippen molar-refractivity contribution >= 4 is 17.5 Å². The van der Waals surface area contributed by atoms with Crippen LogP contribution in [0.2, 0.25) is 0 Å². The molecule has 21 heavy (non-hydrogen) atoms. The van der Waals surface area contributed by atoms with E-state index in [2.05, 4.69) is 47.0 Å². The lowest BCUT2D eigenvalue weighted by Gasteiger charge is -2.23. The molecule has 0 amide bonds. The Morgan fingerprint density at radius 1 is 1.29 bits per heavy atom. The highest BCUT2D eigenvalue weighted by Crippen LogP contribution is 2.31. The lowest BCUT2D eigenvalue weighted by molar-refractivity contribution is 0.429. The first-order chi connectivity index (χ1) is 10.2. The van der Waals surface area contributed by atoms with Crippen LogP contribution in [-0.4, -0.2) is 14.9 Å². The number of hydrogen-bond acceptors (Lipinski definition) is 5. The summed E-state index contributed by atoms with van der Waals surface area (Å²) in [4.78, 5) is 0. The number of hydrogen-bond donors (Lipinski definition) is 2. The lowest BCUT2D eigenvalue weighted by atomic mass is 10.00. The van der Waals surface area contributed by atoms with Crippen LogP contribution >= 0.6 is 11.8 Å². The molecule has 0 saturated carbocycles. The molecule has 6 heteroatoms. The minimum atomic E-state index is -0.125. The van der Waals surface area contributed by atoms with E-state index in [1.165, 1.54) is 0 Å². The molecule has 0 bridgehead atoms. The first-order valence-electron chi connectivity index (χ1n) is 7.11. The van der Waals surface area contributed by atoms with Crippen LogP contribution in [0, 0.1) is 5.92 Å². The Hall–Kier alpha value is -1.79. The summed E-state index contributed by atoms with van der Waals surface area (Å²) in [6.45, 7) is 4.27. The third-order valence-electron chi connectivity index (χ3n) is 3.81. The molecular weight excluding hydrogens is 282 g/mol. The molecule has 0 fully saturated rings. The van der Waals surface area contributed by atoms with Crippen LogP contribution in [0.25, 0.3) is 5.70 Å².